The van der Waals surface area contributed by atoms with E-state index >= 15 is 0 Å². The molecule has 0 saturated heterocycles. The number of nitrogens with two attached hydrogens (primary N) is 1. The summed E-state index contributed by atoms with van der Waals surface area (Å²) in [5.41, 5.74) is 20.4. The topological polar surface area (TPSA) is 81.5 Å². The molecule has 5 aromatic carbocycles. The molecule has 0 aliphatic heterocycles. The first kappa shape index (κ1) is 32.7. The maximum atomic E-state index is 6.80. The zero-order chi connectivity index (χ0) is 36.4. The molecule has 0 fully saturated rings. The lowest BCUT2D eigenvalue weighted by atomic mass is 9.97. The molecule has 4 aromatic heterocycles. The summed E-state index contributed by atoms with van der Waals surface area (Å²) < 4.78 is 2.13. The van der Waals surface area contributed by atoms with Gasteiger partial charge in [-0.15, -0.1) is 0 Å². The summed E-state index contributed by atoms with van der Waals surface area (Å²) in [6, 6.07) is 55.9. The van der Waals surface area contributed by atoms with E-state index in [-0.39, 0.29) is 5.92 Å². The number of para-hydroxylation sites is 1. The van der Waals surface area contributed by atoms with Gasteiger partial charge in [-0.3, -0.25) is 9.38 Å². The number of hydrogen-bond acceptors (Lipinski definition) is 4. The Hall–Kier alpha value is -7.18. The van der Waals surface area contributed by atoms with E-state index in [1.54, 1.807) is 0 Å². The van der Waals surface area contributed by atoms with Crippen LogP contribution in [0, 0.1) is 0 Å². The van der Waals surface area contributed by atoms with E-state index in [0.717, 1.165) is 83.6 Å². The Morgan fingerprint density at radius 3 is 2.09 bits per heavy atom. The predicted octanol–water partition coefficient (Wildman–Crippen LogP) is 11.0. The zero-order valence-corrected chi connectivity index (χ0v) is 29.7. The molecular formula is C48H36N6. The number of hydrogen-bond donors (Lipinski definition) is 1. The Morgan fingerprint density at radius 2 is 1.30 bits per heavy atom. The van der Waals surface area contributed by atoms with Crippen molar-refractivity contribution >= 4 is 39.1 Å². The molecule has 0 radical (unpaired) electrons. The molecule has 54 heavy (non-hydrogen) atoms. The van der Waals surface area contributed by atoms with Crippen LogP contribution < -0.4 is 5.73 Å². The van der Waals surface area contributed by atoms with E-state index in [0.29, 0.717) is 5.84 Å². The van der Waals surface area contributed by atoms with Gasteiger partial charge in [0.05, 0.1) is 22.4 Å². The van der Waals surface area contributed by atoms with Crippen molar-refractivity contribution in [2.75, 3.05) is 0 Å². The van der Waals surface area contributed by atoms with Crippen LogP contribution in [0.1, 0.15) is 29.7 Å². The fraction of sp³-hybridized carbons (Fsp3) is 0.0417. The van der Waals surface area contributed by atoms with Crippen molar-refractivity contribution in [1.82, 2.24) is 19.4 Å². The van der Waals surface area contributed by atoms with Crippen LogP contribution in [-0.2, 0) is 0 Å². The second-order valence-electron chi connectivity index (χ2n) is 13.4. The number of allylic oxidation sites excluding steroid dienone is 1. The molecule has 9 aromatic rings. The smallest absolute Gasteiger partial charge is 0.137 e. The highest BCUT2D eigenvalue weighted by Gasteiger charge is 2.17. The van der Waals surface area contributed by atoms with Gasteiger partial charge in [0.15, 0.2) is 0 Å². The Morgan fingerprint density at radius 1 is 0.630 bits per heavy atom. The normalized spacial score (nSPS) is 12.8. The first-order chi connectivity index (χ1) is 26.6. The molecule has 1 atom stereocenters. The molecule has 0 spiro atoms. The van der Waals surface area contributed by atoms with Crippen molar-refractivity contribution in [3.63, 3.8) is 0 Å². The molecule has 0 bridgehead atoms. The van der Waals surface area contributed by atoms with Crippen molar-refractivity contribution in [2.24, 2.45) is 10.7 Å². The molecule has 1 unspecified atom stereocenters. The average Bonchev–Trinajstić information content (AvgIpc) is 3.64. The quantitative estimate of drug-likeness (QED) is 0.127. The highest BCUT2D eigenvalue weighted by Crippen LogP contribution is 2.35. The van der Waals surface area contributed by atoms with Crippen LogP contribution in [0.5, 0.6) is 0 Å². The maximum absolute atomic E-state index is 6.80. The first-order valence-electron chi connectivity index (χ1n) is 18.1. The fourth-order valence-electron chi connectivity index (χ4n) is 7.08. The molecule has 9 rings (SSSR count). The minimum Gasteiger partial charge on any atom is -0.383 e. The van der Waals surface area contributed by atoms with Crippen molar-refractivity contribution in [3.8, 4) is 33.5 Å². The maximum Gasteiger partial charge on any atom is 0.137 e. The molecular weight excluding hydrogens is 661 g/mol. The SMILES string of the molecule is CC(/C=C(\N=C(N)c1cccc(-c2ccccc2)c1)c1cccc(-c2ccc(-c3nc4ccccc4c4nc5ccccn5c34)cc2)c1)c1ccccn1. The van der Waals surface area contributed by atoms with E-state index < -0.39 is 0 Å². The Balaban J connectivity index is 1.10. The minimum absolute atomic E-state index is 0.00209. The number of aromatic nitrogens is 4. The first-order valence-corrected chi connectivity index (χ1v) is 18.1. The number of imidazole rings is 1. The number of fused-ring (bicyclic) bond motifs is 5. The predicted molar refractivity (Wildman–Crippen MR) is 222 cm³/mol. The van der Waals surface area contributed by atoms with Gasteiger partial charge >= 0.3 is 0 Å². The van der Waals surface area contributed by atoms with Crippen molar-refractivity contribution < 1.29 is 0 Å². The number of nitrogens with zero attached hydrogens (tertiary/aromatic N) is 5. The number of amidine groups is 1. The number of pyridine rings is 3. The lowest BCUT2D eigenvalue weighted by Gasteiger charge is -2.12. The second-order valence-corrected chi connectivity index (χ2v) is 13.4. The lowest BCUT2D eigenvalue weighted by Crippen LogP contribution is -2.13. The average molecular weight is 697 g/mol. The molecule has 0 aliphatic rings. The molecule has 6 heteroatoms. The molecule has 0 aliphatic carbocycles. The molecule has 0 amide bonds. The molecule has 0 saturated carbocycles. The summed E-state index contributed by atoms with van der Waals surface area (Å²) in [7, 11) is 0. The summed E-state index contributed by atoms with van der Waals surface area (Å²) >= 11 is 0. The van der Waals surface area contributed by atoms with Crippen LogP contribution in [0.25, 0.3) is 66.8 Å². The lowest BCUT2D eigenvalue weighted by molar-refractivity contribution is 0.906. The number of aliphatic imine (C=N–C) groups is 1. The number of benzene rings is 5. The highest BCUT2D eigenvalue weighted by molar-refractivity contribution is 6.09. The minimum atomic E-state index is 0.00209. The van der Waals surface area contributed by atoms with Crippen LogP contribution in [0.4, 0.5) is 0 Å². The van der Waals surface area contributed by atoms with Gasteiger partial charge in [0.1, 0.15) is 17.0 Å². The third-order valence-corrected chi connectivity index (χ3v) is 9.86. The van der Waals surface area contributed by atoms with Gasteiger partial charge in [-0.25, -0.2) is 15.0 Å². The van der Waals surface area contributed by atoms with Crippen LogP contribution in [0.2, 0.25) is 0 Å². The van der Waals surface area contributed by atoms with E-state index in [2.05, 4.69) is 114 Å². The Kier molecular flexibility index (Phi) is 8.54. The summed E-state index contributed by atoms with van der Waals surface area (Å²) in [5, 5.41) is 1.04. The largest absolute Gasteiger partial charge is 0.383 e. The summed E-state index contributed by atoms with van der Waals surface area (Å²) in [6.07, 6.45) is 6.02. The van der Waals surface area contributed by atoms with Crippen molar-refractivity contribution in [2.45, 2.75) is 12.8 Å². The van der Waals surface area contributed by atoms with Gasteiger partial charge in [-0.05, 0) is 70.8 Å². The van der Waals surface area contributed by atoms with E-state index in [4.69, 9.17) is 20.7 Å². The van der Waals surface area contributed by atoms with Crippen molar-refractivity contribution in [1.29, 1.82) is 0 Å². The Labute approximate surface area is 313 Å². The van der Waals surface area contributed by atoms with Gasteiger partial charge < -0.3 is 5.73 Å². The van der Waals surface area contributed by atoms with Crippen LogP contribution in [0.3, 0.4) is 0 Å². The molecule has 4 heterocycles. The fourth-order valence-corrected chi connectivity index (χ4v) is 7.08. The summed E-state index contributed by atoms with van der Waals surface area (Å²) in [6.45, 7) is 2.13. The van der Waals surface area contributed by atoms with E-state index in [9.17, 15) is 0 Å². The van der Waals surface area contributed by atoms with Gasteiger partial charge in [-0.1, -0.05) is 128 Å². The highest BCUT2D eigenvalue weighted by atomic mass is 15.0. The van der Waals surface area contributed by atoms with Crippen molar-refractivity contribution in [3.05, 3.63) is 199 Å². The Bertz CT molecular complexity index is 2840. The monoisotopic (exact) mass is 696 g/mol. The molecule has 2 N–H and O–H groups in total. The van der Waals surface area contributed by atoms with Gasteiger partial charge in [0.25, 0.3) is 0 Å². The third-order valence-electron chi connectivity index (χ3n) is 9.86. The molecule has 258 valence electrons. The standard InChI is InChI=1S/C48H36N6/c1-32(41-20-7-9-27-50-41)29-43(52-48(49)39-18-12-16-37(31-39)33-13-3-2-4-14-33)38-17-11-15-36(30-38)34-23-25-35(26-24-34)45-47-46(40-19-5-6-21-42(40)51-45)53-44-22-8-10-28-54(44)47/h2-32H,1H3,(H2,49,52)/b43-29-. The number of rotatable bonds is 8. The van der Waals surface area contributed by atoms with E-state index in [1.165, 1.54) is 0 Å². The van der Waals surface area contributed by atoms with Crippen LogP contribution >= 0.6 is 0 Å². The third kappa shape index (κ3) is 6.31. The van der Waals surface area contributed by atoms with Gasteiger partial charge in [0.2, 0.25) is 0 Å². The summed E-state index contributed by atoms with van der Waals surface area (Å²) in [5.74, 6) is 0.450. The van der Waals surface area contributed by atoms with Gasteiger partial charge in [0, 0.05) is 46.1 Å². The van der Waals surface area contributed by atoms with Gasteiger partial charge in [-0.2, -0.15) is 0 Å². The van der Waals surface area contributed by atoms with Crippen LogP contribution in [0.15, 0.2) is 187 Å². The molecule has 6 nitrogen and oxygen atoms in total. The summed E-state index contributed by atoms with van der Waals surface area (Å²) in [4.78, 5) is 19.9. The van der Waals surface area contributed by atoms with Crippen LogP contribution in [-0.4, -0.2) is 25.2 Å². The zero-order valence-electron chi connectivity index (χ0n) is 29.7. The second kappa shape index (κ2) is 14.1. The van der Waals surface area contributed by atoms with E-state index in [1.807, 2.05) is 85.1 Å².